The van der Waals surface area contributed by atoms with Crippen LogP contribution in [0, 0.1) is 5.82 Å². The molecular weight excluding hydrogens is 277 g/mol. The second kappa shape index (κ2) is 7.58. The van der Waals surface area contributed by atoms with Gasteiger partial charge in [-0.25, -0.2) is 14.0 Å². The van der Waals surface area contributed by atoms with Crippen molar-refractivity contribution in [2.24, 2.45) is 0 Å². The number of carbonyl (C=O) groups excluding carboxylic acids is 1. The molecular formula is C14H20FN3O3. The van der Waals surface area contributed by atoms with Gasteiger partial charge in [-0.3, -0.25) is 0 Å². The number of amides is 2. The lowest BCUT2D eigenvalue weighted by Crippen LogP contribution is -2.38. The molecule has 0 fully saturated rings. The Bertz CT molecular complexity index is 520. The highest BCUT2D eigenvalue weighted by Crippen LogP contribution is 2.18. The molecule has 116 valence electrons. The van der Waals surface area contributed by atoms with Crippen LogP contribution < -0.4 is 10.6 Å². The van der Waals surface area contributed by atoms with Crippen molar-refractivity contribution in [2.75, 3.05) is 26.0 Å². The molecule has 1 aromatic carbocycles. The van der Waals surface area contributed by atoms with Crippen molar-refractivity contribution in [3.8, 4) is 0 Å². The second-order valence-electron chi connectivity index (χ2n) is 5.06. The molecule has 2 amide bonds. The highest BCUT2D eigenvalue weighted by molar-refractivity contribution is 6.00. The predicted octanol–water partition coefficient (Wildman–Crippen LogP) is 1.99. The van der Waals surface area contributed by atoms with E-state index < -0.39 is 23.4 Å². The van der Waals surface area contributed by atoms with Crippen LogP contribution in [0.2, 0.25) is 0 Å². The van der Waals surface area contributed by atoms with Crippen LogP contribution in [-0.4, -0.2) is 48.7 Å². The number of carbonyl (C=O) groups is 2. The van der Waals surface area contributed by atoms with Gasteiger partial charge in [0.15, 0.2) is 0 Å². The highest BCUT2D eigenvalue weighted by atomic mass is 19.1. The Morgan fingerprint density at radius 3 is 2.62 bits per heavy atom. The number of carboxylic acid groups (broad SMARTS) is 1. The molecule has 0 radical (unpaired) electrons. The van der Waals surface area contributed by atoms with Gasteiger partial charge in [-0.2, -0.15) is 0 Å². The first-order valence-corrected chi connectivity index (χ1v) is 6.55. The van der Waals surface area contributed by atoms with E-state index >= 15 is 0 Å². The van der Waals surface area contributed by atoms with E-state index in [-0.39, 0.29) is 11.7 Å². The molecule has 7 heteroatoms. The molecule has 1 unspecified atom stereocenters. The number of hydrogen-bond donors (Lipinski definition) is 3. The van der Waals surface area contributed by atoms with Crippen LogP contribution in [0.25, 0.3) is 0 Å². The van der Waals surface area contributed by atoms with Crippen LogP contribution in [0.15, 0.2) is 18.2 Å². The molecule has 1 atom stereocenters. The maximum absolute atomic E-state index is 13.5. The van der Waals surface area contributed by atoms with Crippen molar-refractivity contribution in [2.45, 2.75) is 19.4 Å². The summed E-state index contributed by atoms with van der Waals surface area (Å²) in [5.74, 6) is -2.31. The number of rotatable bonds is 6. The number of carboxylic acids is 1. The second-order valence-corrected chi connectivity index (χ2v) is 5.06. The molecule has 0 bridgehead atoms. The average Bonchev–Trinajstić information content (AvgIpc) is 2.35. The number of nitrogens with one attached hydrogen (secondary N) is 2. The van der Waals surface area contributed by atoms with Crippen LogP contribution in [0.4, 0.5) is 14.9 Å². The molecule has 0 aliphatic heterocycles. The van der Waals surface area contributed by atoms with Crippen molar-refractivity contribution in [1.29, 1.82) is 0 Å². The van der Waals surface area contributed by atoms with E-state index in [2.05, 4.69) is 10.6 Å². The summed E-state index contributed by atoms with van der Waals surface area (Å²) >= 11 is 0. The molecule has 0 aliphatic rings. The van der Waals surface area contributed by atoms with Gasteiger partial charge in [-0.1, -0.05) is 6.07 Å². The summed E-state index contributed by atoms with van der Waals surface area (Å²) in [6.07, 6.45) is 0.745. The van der Waals surface area contributed by atoms with Crippen molar-refractivity contribution in [3.63, 3.8) is 0 Å². The lowest BCUT2D eigenvalue weighted by Gasteiger charge is -2.17. The standard InChI is InChI=1S/C14H20FN3O3/c1-9(7-8-18(2)3)16-14(21)17-11-6-4-5-10(15)12(11)13(19)20/h4-6,9H,7-8H2,1-3H3,(H,19,20)(H2,16,17,21). The Hall–Kier alpha value is -2.15. The van der Waals surface area contributed by atoms with Crippen LogP contribution in [0.5, 0.6) is 0 Å². The molecule has 0 spiro atoms. The number of anilines is 1. The highest BCUT2D eigenvalue weighted by Gasteiger charge is 2.17. The van der Waals surface area contributed by atoms with E-state index in [0.717, 1.165) is 19.0 Å². The van der Waals surface area contributed by atoms with Crippen molar-refractivity contribution in [3.05, 3.63) is 29.6 Å². The minimum Gasteiger partial charge on any atom is -0.478 e. The van der Waals surface area contributed by atoms with Gasteiger partial charge in [0.05, 0.1) is 5.69 Å². The van der Waals surface area contributed by atoms with Gasteiger partial charge in [-0.05, 0) is 46.1 Å². The summed E-state index contributed by atoms with van der Waals surface area (Å²) in [5, 5.41) is 14.0. The molecule has 1 rings (SSSR count). The molecule has 0 saturated heterocycles. The molecule has 0 aromatic heterocycles. The lowest BCUT2D eigenvalue weighted by atomic mass is 10.1. The molecule has 0 heterocycles. The van der Waals surface area contributed by atoms with E-state index in [1.807, 2.05) is 25.9 Å². The topological polar surface area (TPSA) is 81.7 Å². The molecule has 6 nitrogen and oxygen atoms in total. The third-order valence-corrected chi connectivity index (χ3v) is 2.86. The fourth-order valence-electron chi connectivity index (χ4n) is 1.75. The van der Waals surface area contributed by atoms with Gasteiger partial charge in [-0.15, -0.1) is 0 Å². The lowest BCUT2D eigenvalue weighted by molar-refractivity contribution is 0.0693. The summed E-state index contributed by atoms with van der Waals surface area (Å²) in [6, 6.07) is 3.07. The van der Waals surface area contributed by atoms with E-state index in [4.69, 9.17) is 5.11 Å². The van der Waals surface area contributed by atoms with Gasteiger partial charge in [0.2, 0.25) is 0 Å². The number of urea groups is 1. The Kier molecular flexibility index (Phi) is 6.10. The Labute approximate surface area is 122 Å². The SMILES string of the molecule is CC(CCN(C)C)NC(=O)Nc1cccc(F)c1C(=O)O. The van der Waals surface area contributed by atoms with Crippen LogP contribution in [0.1, 0.15) is 23.7 Å². The summed E-state index contributed by atoms with van der Waals surface area (Å²) in [6.45, 7) is 2.65. The average molecular weight is 297 g/mol. The fourth-order valence-corrected chi connectivity index (χ4v) is 1.75. The molecule has 0 aliphatic carbocycles. The number of benzene rings is 1. The Balaban J connectivity index is 2.67. The van der Waals surface area contributed by atoms with Crippen LogP contribution in [-0.2, 0) is 0 Å². The number of hydrogen-bond acceptors (Lipinski definition) is 3. The van der Waals surface area contributed by atoms with Gasteiger partial charge in [0, 0.05) is 6.04 Å². The Morgan fingerprint density at radius 2 is 2.05 bits per heavy atom. The summed E-state index contributed by atoms with van der Waals surface area (Å²) < 4.78 is 13.5. The first-order valence-electron chi connectivity index (χ1n) is 6.55. The quantitative estimate of drug-likeness (QED) is 0.750. The Morgan fingerprint density at radius 1 is 1.38 bits per heavy atom. The number of halogens is 1. The fraction of sp³-hybridized carbons (Fsp3) is 0.429. The van der Waals surface area contributed by atoms with Gasteiger partial charge < -0.3 is 20.6 Å². The maximum Gasteiger partial charge on any atom is 0.340 e. The van der Waals surface area contributed by atoms with Crippen LogP contribution in [0.3, 0.4) is 0 Å². The smallest absolute Gasteiger partial charge is 0.340 e. The number of aromatic carboxylic acids is 1. The van der Waals surface area contributed by atoms with Gasteiger partial charge >= 0.3 is 12.0 Å². The van der Waals surface area contributed by atoms with E-state index in [0.29, 0.717) is 0 Å². The number of nitrogens with zero attached hydrogens (tertiary/aromatic N) is 1. The monoisotopic (exact) mass is 297 g/mol. The minimum atomic E-state index is -1.43. The first-order chi connectivity index (χ1) is 9.81. The largest absolute Gasteiger partial charge is 0.478 e. The zero-order valence-corrected chi connectivity index (χ0v) is 12.3. The van der Waals surface area contributed by atoms with Gasteiger partial charge in [0.25, 0.3) is 0 Å². The summed E-state index contributed by atoms with van der Waals surface area (Å²) in [5.41, 5.74) is -0.617. The molecule has 1 aromatic rings. The molecule has 21 heavy (non-hydrogen) atoms. The van der Waals surface area contributed by atoms with E-state index in [9.17, 15) is 14.0 Å². The molecule has 3 N–H and O–H groups in total. The summed E-state index contributed by atoms with van der Waals surface area (Å²) in [4.78, 5) is 24.8. The third-order valence-electron chi connectivity index (χ3n) is 2.86. The normalized spacial score (nSPS) is 12.0. The van der Waals surface area contributed by atoms with Crippen molar-refractivity contribution < 1.29 is 19.1 Å². The summed E-state index contributed by atoms with van der Waals surface area (Å²) in [7, 11) is 3.86. The molecule has 0 saturated carbocycles. The minimum absolute atomic E-state index is 0.0696. The van der Waals surface area contributed by atoms with Crippen LogP contribution >= 0.6 is 0 Å². The van der Waals surface area contributed by atoms with E-state index in [1.54, 1.807) is 0 Å². The predicted molar refractivity (Wildman–Crippen MR) is 78.1 cm³/mol. The van der Waals surface area contributed by atoms with Crippen molar-refractivity contribution >= 4 is 17.7 Å². The van der Waals surface area contributed by atoms with Gasteiger partial charge in [0.1, 0.15) is 11.4 Å². The third kappa shape index (κ3) is 5.39. The first kappa shape index (κ1) is 16.9. The van der Waals surface area contributed by atoms with Crippen molar-refractivity contribution in [1.82, 2.24) is 10.2 Å². The van der Waals surface area contributed by atoms with E-state index in [1.165, 1.54) is 12.1 Å². The zero-order chi connectivity index (χ0) is 16.0. The maximum atomic E-state index is 13.5. The zero-order valence-electron chi connectivity index (χ0n) is 12.3.